The van der Waals surface area contributed by atoms with E-state index in [9.17, 15) is 9.59 Å². The second-order valence-corrected chi connectivity index (χ2v) is 8.23. The minimum Gasteiger partial charge on any atom is -0.497 e. The molecule has 0 spiro atoms. The molecular formula is C23H25N5O3S. The maximum absolute atomic E-state index is 13.2. The first kappa shape index (κ1) is 21.8. The lowest BCUT2D eigenvalue weighted by molar-refractivity contribution is -0.131. The van der Waals surface area contributed by atoms with E-state index in [1.807, 2.05) is 67.6 Å². The molecule has 0 unspecified atom stereocenters. The van der Waals surface area contributed by atoms with Crippen LogP contribution < -0.4 is 15.9 Å². The van der Waals surface area contributed by atoms with Crippen LogP contribution in [0.4, 0.5) is 0 Å². The van der Waals surface area contributed by atoms with E-state index in [0.29, 0.717) is 11.7 Å². The quantitative estimate of drug-likeness (QED) is 0.511. The van der Waals surface area contributed by atoms with Gasteiger partial charge in [-0.2, -0.15) is 0 Å². The summed E-state index contributed by atoms with van der Waals surface area (Å²) in [5, 5.41) is 8.67. The highest BCUT2D eigenvalue weighted by molar-refractivity contribution is 7.99. The molecule has 9 heteroatoms. The van der Waals surface area contributed by atoms with Crippen LogP contribution in [0, 0.1) is 0 Å². The highest BCUT2D eigenvalue weighted by atomic mass is 32.2. The number of nitrogens with zero attached hydrogens (tertiary/aromatic N) is 3. The number of aromatic nitrogens is 3. The molecule has 4 rings (SSSR count). The summed E-state index contributed by atoms with van der Waals surface area (Å²) >= 11 is 1.25. The summed E-state index contributed by atoms with van der Waals surface area (Å²) < 4.78 is 6.82. The Morgan fingerprint density at radius 1 is 1.16 bits per heavy atom. The van der Waals surface area contributed by atoms with Crippen molar-refractivity contribution in [3.05, 3.63) is 82.3 Å². The molecule has 0 saturated heterocycles. The summed E-state index contributed by atoms with van der Waals surface area (Å²) in [6.07, 6.45) is 2.85. The summed E-state index contributed by atoms with van der Waals surface area (Å²) in [6, 6.07) is 17.3. The molecular weight excluding hydrogens is 426 g/mol. The number of aromatic amines is 1. The lowest BCUT2D eigenvalue weighted by Crippen LogP contribution is -2.40. The van der Waals surface area contributed by atoms with E-state index in [-0.39, 0.29) is 23.4 Å². The van der Waals surface area contributed by atoms with Crippen molar-refractivity contribution in [3.63, 3.8) is 0 Å². The molecule has 0 aliphatic carbocycles. The Morgan fingerprint density at radius 2 is 1.91 bits per heavy atom. The van der Waals surface area contributed by atoms with E-state index < -0.39 is 0 Å². The van der Waals surface area contributed by atoms with Gasteiger partial charge in [0.1, 0.15) is 5.75 Å². The topological polar surface area (TPSA) is 92.2 Å². The summed E-state index contributed by atoms with van der Waals surface area (Å²) in [6.45, 7) is 2.55. The van der Waals surface area contributed by atoms with Gasteiger partial charge in [-0.25, -0.2) is 14.9 Å². The zero-order valence-corrected chi connectivity index (χ0v) is 18.8. The van der Waals surface area contributed by atoms with E-state index in [1.165, 1.54) is 11.8 Å². The van der Waals surface area contributed by atoms with Crippen molar-refractivity contribution in [1.29, 1.82) is 0 Å². The molecule has 0 saturated carbocycles. The van der Waals surface area contributed by atoms with E-state index in [0.717, 1.165) is 29.0 Å². The molecule has 32 heavy (non-hydrogen) atoms. The maximum Gasteiger partial charge on any atom is 0.343 e. The smallest absolute Gasteiger partial charge is 0.343 e. The molecule has 1 atom stereocenters. The van der Waals surface area contributed by atoms with Gasteiger partial charge in [0.15, 0.2) is 5.16 Å². The van der Waals surface area contributed by atoms with Gasteiger partial charge in [-0.3, -0.25) is 14.8 Å². The predicted octanol–water partition coefficient (Wildman–Crippen LogP) is 3.21. The van der Waals surface area contributed by atoms with Gasteiger partial charge in [0, 0.05) is 6.54 Å². The predicted molar refractivity (Wildman–Crippen MR) is 124 cm³/mol. The molecule has 8 nitrogen and oxygen atoms in total. The van der Waals surface area contributed by atoms with Gasteiger partial charge in [-0.05, 0) is 35.8 Å². The highest BCUT2D eigenvalue weighted by Crippen LogP contribution is 2.32. The fraction of sp³-hybridized carbons (Fsp3) is 0.261. The minimum atomic E-state index is -0.277. The van der Waals surface area contributed by atoms with Crippen LogP contribution in [0.25, 0.3) is 5.70 Å². The molecule has 1 aromatic heterocycles. The van der Waals surface area contributed by atoms with E-state index >= 15 is 0 Å². The average molecular weight is 452 g/mol. The largest absolute Gasteiger partial charge is 0.497 e. The fourth-order valence-electron chi connectivity index (χ4n) is 3.54. The van der Waals surface area contributed by atoms with Crippen molar-refractivity contribution in [2.24, 2.45) is 0 Å². The standard InChI is InChI=1S/C23H25N5O3S/c1-3-13-27-22(30)24-25-23(27)32-15-21(29)28-20(17-9-11-18(31-2)12-10-17)14-19(26-28)16-7-5-4-6-8-16/h4-12,14,20,26H,3,13,15H2,1-2H3,(H,24,30)/t20-/m1/s1. The third kappa shape index (κ3) is 4.57. The number of hydrogen-bond acceptors (Lipinski definition) is 6. The number of ether oxygens (including phenoxy) is 1. The molecule has 166 valence electrons. The monoisotopic (exact) mass is 451 g/mol. The van der Waals surface area contributed by atoms with Gasteiger partial charge < -0.3 is 4.74 Å². The fourth-order valence-corrected chi connectivity index (χ4v) is 4.37. The Kier molecular flexibility index (Phi) is 6.65. The van der Waals surface area contributed by atoms with E-state index in [2.05, 4.69) is 15.6 Å². The molecule has 1 amide bonds. The molecule has 1 aliphatic rings. The number of thioether (sulfide) groups is 1. The number of carbonyl (C=O) groups is 1. The Balaban J connectivity index is 1.56. The molecule has 2 aromatic carbocycles. The third-order valence-electron chi connectivity index (χ3n) is 5.15. The second-order valence-electron chi connectivity index (χ2n) is 7.29. The number of H-pyrrole nitrogens is 1. The number of carbonyl (C=O) groups excluding carboxylic acids is 1. The molecule has 1 aliphatic heterocycles. The van der Waals surface area contributed by atoms with E-state index in [4.69, 9.17) is 4.74 Å². The van der Waals surface area contributed by atoms with Crippen molar-refractivity contribution in [1.82, 2.24) is 25.2 Å². The first-order valence-electron chi connectivity index (χ1n) is 10.4. The van der Waals surface area contributed by atoms with Gasteiger partial charge in [-0.1, -0.05) is 61.2 Å². The summed E-state index contributed by atoms with van der Waals surface area (Å²) in [5.74, 6) is 0.785. The van der Waals surface area contributed by atoms with Gasteiger partial charge in [-0.15, -0.1) is 5.10 Å². The van der Waals surface area contributed by atoms with Gasteiger partial charge >= 0.3 is 5.69 Å². The van der Waals surface area contributed by atoms with Gasteiger partial charge in [0.25, 0.3) is 5.91 Å². The zero-order valence-electron chi connectivity index (χ0n) is 17.9. The third-order valence-corrected chi connectivity index (χ3v) is 6.11. The van der Waals surface area contributed by atoms with Crippen molar-refractivity contribution >= 4 is 23.4 Å². The SMILES string of the molecule is CCCn1c(SCC(=O)N2NC(c3ccccc3)=C[C@@H]2c2ccc(OC)cc2)n[nH]c1=O. The van der Waals surface area contributed by atoms with Gasteiger partial charge in [0.2, 0.25) is 0 Å². The van der Waals surface area contributed by atoms with Crippen LogP contribution in [0.5, 0.6) is 5.75 Å². The Hall–Kier alpha value is -3.46. The molecule has 3 aromatic rings. The lowest BCUT2D eigenvalue weighted by Gasteiger charge is -2.25. The minimum absolute atomic E-state index is 0.114. The molecule has 0 radical (unpaired) electrons. The van der Waals surface area contributed by atoms with Crippen LogP contribution in [0.3, 0.4) is 0 Å². The van der Waals surface area contributed by atoms with Crippen molar-refractivity contribution in [2.75, 3.05) is 12.9 Å². The van der Waals surface area contributed by atoms with Crippen LogP contribution in [0.1, 0.15) is 30.5 Å². The summed E-state index contributed by atoms with van der Waals surface area (Å²) in [7, 11) is 1.62. The number of amides is 1. The highest BCUT2D eigenvalue weighted by Gasteiger charge is 2.31. The number of rotatable bonds is 8. The van der Waals surface area contributed by atoms with Crippen LogP contribution in [-0.2, 0) is 11.3 Å². The normalized spacial score (nSPS) is 15.4. The number of methoxy groups -OCH3 is 1. The van der Waals surface area contributed by atoms with Crippen LogP contribution >= 0.6 is 11.8 Å². The maximum atomic E-state index is 13.2. The Morgan fingerprint density at radius 3 is 2.59 bits per heavy atom. The van der Waals surface area contributed by atoms with Crippen LogP contribution in [-0.4, -0.2) is 38.5 Å². The Bertz CT molecular complexity index is 1150. The number of benzene rings is 2. The number of hydrazine groups is 1. The molecule has 2 heterocycles. The molecule has 0 bridgehead atoms. The van der Waals surface area contributed by atoms with Gasteiger partial charge in [0.05, 0.1) is 24.6 Å². The second kappa shape index (κ2) is 9.78. The average Bonchev–Trinajstić information content (AvgIpc) is 3.43. The molecule has 2 N–H and O–H groups in total. The van der Waals surface area contributed by atoms with Crippen molar-refractivity contribution < 1.29 is 9.53 Å². The summed E-state index contributed by atoms with van der Waals surface area (Å²) in [4.78, 5) is 25.2. The van der Waals surface area contributed by atoms with E-state index in [1.54, 1.807) is 16.7 Å². The number of nitrogens with one attached hydrogen (secondary N) is 2. The lowest BCUT2D eigenvalue weighted by atomic mass is 10.0. The first-order chi connectivity index (χ1) is 15.6. The zero-order chi connectivity index (χ0) is 22.5. The van der Waals surface area contributed by atoms with Crippen LogP contribution in [0.15, 0.2) is 70.6 Å². The summed E-state index contributed by atoms with van der Waals surface area (Å²) in [5.41, 5.74) is 5.84. The first-order valence-corrected chi connectivity index (χ1v) is 11.4. The number of hydrogen-bond donors (Lipinski definition) is 2. The molecule has 0 fully saturated rings. The van der Waals surface area contributed by atoms with Crippen molar-refractivity contribution in [2.45, 2.75) is 31.1 Å². The van der Waals surface area contributed by atoms with Crippen LogP contribution in [0.2, 0.25) is 0 Å². The van der Waals surface area contributed by atoms with Crippen molar-refractivity contribution in [3.8, 4) is 5.75 Å². The Labute approximate surface area is 190 Å².